The molecule has 0 saturated carbocycles. The molecule has 2 aromatic carbocycles. The highest BCUT2D eigenvalue weighted by atomic mass is 32.1. The zero-order chi connectivity index (χ0) is 20.1. The number of likely N-dealkylation sites (N-methyl/N-ethyl adjacent to an activating group) is 1. The van der Waals surface area contributed by atoms with E-state index in [-0.39, 0.29) is 5.91 Å². The molecule has 1 atom stereocenters. The summed E-state index contributed by atoms with van der Waals surface area (Å²) in [6.45, 7) is 7.19. The quantitative estimate of drug-likeness (QED) is 0.574. The lowest BCUT2D eigenvalue weighted by Gasteiger charge is -2.15. The first-order chi connectivity index (χ1) is 13.4. The number of hydrogen-bond donors (Lipinski definition) is 3. The number of anilines is 3. The van der Waals surface area contributed by atoms with E-state index in [1.807, 2.05) is 56.6 Å². The Morgan fingerprint density at radius 3 is 2.43 bits per heavy atom. The van der Waals surface area contributed by atoms with Crippen molar-refractivity contribution in [2.75, 3.05) is 24.2 Å². The molecule has 0 saturated heterocycles. The second-order valence-corrected chi connectivity index (χ2v) is 8.12. The maximum atomic E-state index is 12.4. The molecule has 0 aliphatic carbocycles. The Kier molecular flexibility index (Phi) is 6.44. The molecule has 0 spiro atoms. The van der Waals surface area contributed by atoms with Crippen LogP contribution in [0, 0.1) is 20.8 Å². The van der Waals surface area contributed by atoms with E-state index in [4.69, 9.17) is 0 Å². The standard InChI is InChI=1S/C22H26N4OS/c1-15-8-10-18(11-9-15)23-22-24-19(14-28-22)12-26(4)13-20(27)25-21-16(2)6-5-7-17(21)3/h5-11,14H,12-13H2,1-4H3,(H,23,24)(H,25,27)/p+1. The second kappa shape index (κ2) is 8.99. The topological polar surface area (TPSA) is 58.5 Å². The average molecular weight is 396 g/mol. The lowest BCUT2D eigenvalue weighted by atomic mass is 10.1. The lowest BCUT2D eigenvalue weighted by Crippen LogP contribution is -3.08. The Bertz CT molecular complexity index is 929. The van der Waals surface area contributed by atoms with E-state index < -0.39 is 0 Å². The molecule has 0 aliphatic rings. The Morgan fingerprint density at radius 1 is 1.07 bits per heavy atom. The fourth-order valence-corrected chi connectivity index (χ4v) is 3.78. The predicted molar refractivity (Wildman–Crippen MR) is 117 cm³/mol. The number of benzene rings is 2. The summed E-state index contributed by atoms with van der Waals surface area (Å²) in [5.74, 6) is 0.0168. The molecular formula is C22H27N4OS+. The number of thiazole rings is 1. The second-order valence-electron chi connectivity index (χ2n) is 7.26. The van der Waals surface area contributed by atoms with Crippen molar-refractivity contribution < 1.29 is 9.69 Å². The van der Waals surface area contributed by atoms with Crippen molar-refractivity contribution in [3.05, 3.63) is 70.2 Å². The summed E-state index contributed by atoms with van der Waals surface area (Å²) in [4.78, 5) is 18.2. The molecule has 1 unspecified atom stereocenters. The molecule has 0 bridgehead atoms. The summed E-state index contributed by atoms with van der Waals surface area (Å²) in [6.07, 6.45) is 0. The first kappa shape index (κ1) is 20.0. The van der Waals surface area contributed by atoms with E-state index in [2.05, 4.69) is 34.7 Å². The molecule has 0 fully saturated rings. The maximum absolute atomic E-state index is 12.4. The number of amides is 1. The first-order valence-corrected chi connectivity index (χ1v) is 10.2. The summed E-state index contributed by atoms with van der Waals surface area (Å²) < 4.78 is 0. The average Bonchev–Trinajstić information content (AvgIpc) is 3.07. The van der Waals surface area contributed by atoms with E-state index in [1.165, 1.54) is 5.56 Å². The van der Waals surface area contributed by atoms with Gasteiger partial charge < -0.3 is 15.5 Å². The Hall–Kier alpha value is -2.70. The summed E-state index contributed by atoms with van der Waals surface area (Å²) in [7, 11) is 2.01. The number of quaternary nitrogens is 1. The molecule has 3 aromatic rings. The van der Waals surface area contributed by atoms with Crippen molar-refractivity contribution in [3.8, 4) is 0 Å². The predicted octanol–water partition coefficient (Wildman–Crippen LogP) is 3.47. The van der Waals surface area contributed by atoms with Crippen molar-refractivity contribution in [1.29, 1.82) is 0 Å². The van der Waals surface area contributed by atoms with E-state index in [9.17, 15) is 4.79 Å². The van der Waals surface area contributed by atoms with Crippen LogP contribution in [0.25, 0.3) is 0 Å². The van der Waals surface area contributed by atoms with E-state index in [0.29, 0.717) is 13.1 Å². The molecular weight excluding hydrogens is 368 g/mol. The van der Waals surface area contributed by atoms with Crippen LogP contribution in [-0.2, 0) is 11.3 Å². The molecule has 28 heavy (non-hydrogen) atoms. The molecule has 0 radical (unpaired) electrons. The Balaban J connectivity index is 1.53. The molecule has 146 valence electrons. The van der Waals surface area contributed by atoms with Gasteiger partial charge in [-0.1, -0.05) is 35.9 Å². The number of nitrogens with zero attached hydrogens (tertiary/aromatic N) is 1. The third-order valence-electron chi connectivity index (χ3n) is 4.55. The van der Waals surface area contributed by atoms with Gasteiger partial charge in [0.1, 0.15) is 12.2 Å². The van der Waals surface area contributed by atoms with Crippen molar-refractivity contribution in [2.24, 2.45) is 0 Å². The molecule has 3 N–H and O–H groups in total. The Labute approximate surface area is 170 Å². The summed E-state index contributed by atoms with van der Waals surface area (Å²) >= 11 is 1.58. The van der Waals surface area contributed by atoms with Gasteiger partial charge in [0.2, 0.25) is 0 Å². The lowest BCUT2D eigenvalue weighted by molar-refractivity contribution is -0.885. The van der Waals surface area contributed by atoms with Gasteiger partial charge in [-0.25, -0.2) is 4.98 Å². The normalized spacial score (nSPS) is 11.9. The number of para-hydroxylation sites is 1. The van der Waals surface area contributed by atoms with Gasteiger partial charge >= 0.3 is 0 Å². The number of aryl methyl sites for hydroxylation is 3. The number of aromatic nitrogens is 1. The number of carbonyl (C=O) groups excluding carboxylic acids is 1. The van der Waals surface area contributed by atoms with Crippen LogP contribution in [-0.4, -0.2) is 24.5 Å². The van der Waals surface area contributed by atoms with E-state index in [0.717, 1.165) is 38.2 Å². The van der Waals surface area contributed by atoms with Crippen LogP contribution in [0.3, 0.4) is 0 Å². The summed E-state index contributed by atoms with van der Waals surface area (Å²) in [5, 5.41) is 9.29. The van der Waals surface area contributed by atoms with Crippen molar-refractivity contribution >= 4 is 33.8 Å². The monoisotopic (exact) mass is 395 g/mol. The van der Waals surface area contributed by atoms with Crippen molar-refractivity contribution in [3.63, 3.8) is 0 Å². The zero-order valence-electron chi connectivity index (χ0n) is 16.8. The van der Waals surface area contributed by atoms with Crippen LogP contribution in [0.2, 0.25) is 0 Å². The number of nitrogens with one attached hydrogen (secondary N) is 3. The SMILES string of the molecule is Cc1ccc(Nc2nc(C[NH+](C)CC(=O)Nc3c(C)cccc3C)cs2)cc1. The van der Waals surface area contributed by atoms with Crippen molar-refractivity contribution in [1.82, 2.24) is 4.98 Å². The van der Waals surface area contributed by atoms with Crippen LogP contribution in [0.5, 0.6) is 0 Å². The minimum atomic E-state index is 0.0168. The van der Waals surface area contributed by atoms with Gasteiger partial charge in [0.15, 0.2) is 11.7 Å². The fourth-order valence-electron chi connectivity index (χ4n) is 3.05. The minimum absolute atomic E-state index is 0.0168. The van der Waals surface area contributed by atoms with Gasteiger partial charge in [-0.2, -0.15) is 0 Å². The van der Waals surface area contributed by atoms with E-state index >= 15 is 0 Å². The smallest absolute Gasteiger partial charge is 0.279 e. The molecule has 1 aromatic heterocycles. The minimum Gasteiger partial charge on any atom is -0.332 e. The van der Waals surface area contributed by atoms with Crippen LogP contribution in [0.1, 0.15) is 22.4 Å². The highest BCUT2D eigenvalue weighted by Gasteiger charge is 2.14. The first-order valence-electron chi connectivity index (χ1n) is 9.36. The summed E-state index contributed by atoms with van der Waals surface area (Å²) in [6, 6.07) is 14.3. The number of rotatable bonds is 7. The van der Waals surface area contributed by atoms with Crippen LogP contribution >= 0.6 is 11.3 Å². The molecule has 5 nitrogen and oxygen atoms in total. The molecule has 3 rings (SSSR count). The van der Waals surface area contributed by atoms with Gasteiger partial charge in [-0.05, 0) is 44.0 Å². The maximum Gasteiger partial charge on any atom is 0.279 e. The van der Waals surface area contributed by atoms with Gasteiger partial charge in [-0.15, -0.1) is 11.3 Å². The van der Waals surface area contributed by atoms with Crippen molar-refractivity contribution in [2.45, 2.75) is 27.3 Å². The summed E-state index contributed by atoms with van der Waals surface area (Å²) in [5.41, 5.74) is 6.32. The number of carbonyl (C=O) groups is 1. The van der Waals surface area contributed by atoms with Gasteiger partial charge in [0.25, 0.3) is 5.91 Å². The van der Waals surface area contributed by atoms with Gasteiger partial charge in [0, 0.05) is 16.8 Å². The third kappa shape index (κ3) is 5.41. The fraction of sp³-hybridized carbons (Fsp3) is 0.273. The van der Waals surface area contributed by atoms with Gasteiger partial charge in [0.05, 0.1) is 7.05 Å². The Morgan fingerprint density at radius 2 is 1.75 bits per heavy atom. The zero-order valence-corrected chi connectivity index (χ0v) is 17.6. The van der Waals surface area contributed by atoms with Crippen LogP contribution in [0.15, 0.2) is 47.8 Å². The largest absolute Gasteiger partial charge is 0.332 e. The van der Waals surface area contributed by atoms with Crippen LogP contribution in [0.4, 0.5) is 16.5 Å². The number of hydrogen-bond acceptors (Lipinski definition) is 4. The van der Waals surface area contributed by atoms with E-state index in [1.54, 1.807) is 11.3 Å². The van der Waals surface area contributed by atoms with Crippen LogP contribution < -0.4 is 15.5 Å². The molecule has 1 amide bonds. The highest BCUT2D eigenvalue weighted by molar-refractivity contribution is 7.13. The third-order valence-corrected chi connectivity index (χ3v) is 5.35. The molecule has 1 heterocycles. The van der Waals surface area contributed by atoms with Gasteiger partial charge in [-0.3, -0.25) is 4.79 Å². The molecule has 6 heteroatoms. The highest BCUT2D eigenvalue weighted by Crippen LogP contribution is 2.21. The molecule has 0 aliphatic heterocycles.